The predicted molar refractivity (Wildman–Crippen MR) is 107 cm³/mol. The molecule has 5 unspecified atom stereocenters. The Labute approximate surface area is 163 Å². The molecule has 5 atom stereocenters. The zero-order valence-corrected chi connectivity index (χ0v) is 17.2. The monoisotopic (exact) mass is 370 g/mol. The molecule has 0 aromatic heterocycles. The Morgan fingerprint density at radius 1 is 1.04 bits per heavy atom. The highest BCUT2D eigenvalue weighted by atomic mass is 16.6. The molecule has 1 aromatic carbocycles. The van der Waals surface area contributed by atoms with E-state index in [2.05, 4.69) is 37.3 Å². The first-order valence-corrected chi connectivity index (χ1v) is 10.5. The Bertz CT molecular complexity index is 658. The van der Waals surface area contributed by atoms with Gasteiger partial charge in [-0.2, -0.15) is 0 Å². The van der Waals surface area contributed by atoms with Gasteiger partial charge in [-0.1, -0.05) is 37.3 Å². The number of fused-ring (bicyclic) bond motifs is 2. The molecule has 2 saturated carbocycles. The summed E-state index contributed by atoms with van der Waals surface area (Å²) in [5, 5.41) is 0. The van der Waals surface area contributed by atoms with Crippen molar-refractivity contribution in [3.8, 4) is 0 Å². The first-order valence-electron chi connectivity index (χ1n) is 10.5. The highest BCUT2D eigenvalue weighted by Crippen LogP contribution is 2.42. The van der Waals surface area contributed by atoms with Gasteiger partial charge >= 0.3 is 5.97 Å². The first kappa shape index (κ1) is 20.1. The number of hydrogen-bond acceptors (Lipinski definition) is 3. The average molecular weight is 371 g/mol. The summed E-state index contributed by atoms with van der Waals surface area (Å²) in [7, 11) is 0. The van der Waals surface area contributed by atoms with Crippen LogP contribution >= 0.6 is 0 Å². The Kier molecular flexibility index (Phi) is 6.08. The summed E-state index contributed by atoms with van der Waals surface area (Å²) < 4.78 is 5.67. The van der Waals surface area contributed by atoms with Crippen molar-refractivity contribution in [1.29, 1.82) is 0 Å². The Morgan fingerprint density at radius 2 is 1.70 bits per heavy atom. The SMILES string of the molecule is CC1CC2CC(Cc3ccccc3)CC(CCC1C(=O)OC(C)(C)C)C2=O. The van der Waals surface area contributed by atoms with E-state index in [4.69, 9.17) is 4.74 Å². The van der Waals surface area contributed by atoms with Gasteiger partial charge in [-0.3, -0.25) is 9.59 Å². The van der Waals surface area contributed by atoms with E-state index in [1.54, 1.807) is 0 Å². The van der Waals surface area contributed by atoms with Crippen LogP contribution < -0.4 is 0 Å². The summed E-state index contributed by atoms with van der Waals surface area (Å²) in [4.78, 5) is 25.6. The van der Waals surface area contributed by atoms with E-state index in [9.17, 15) is 9.59 Å². The van der Waals surface area contributed by atoms with E-state index < -0.39 is 5.60 Å². The zero-order chi connectivity index (χ0) is 19.6. The molecule has 2 bridgehead atoms. The standard InChI is InChI=1S/C24H34O3/c1-16-12-20-15-18(13-17-8-6-5-7-9-17)14-19(22(20)25)10-11-21(16)23(26)27-24(2,3)4/h5-9,16,18-21H,10-15H2,1-4H3. The van der Waals surface area contributed by atoms with Gasteiger partial charge in [0.05, 0.1) is 5.92 Å². The largest absolute Gasteiger partial charge is 0.460 e. The second-order valence-electron chi connectivity index (χ2n) is 9.75. The lowest BCUT2D eigenvalue weighted by atomic mass is 9.65. The van der Waals surface area contributed by atoms with Gasteiger partial charge in [0.15, 0.2) is 0 Å². The molecule has 27 heavy (non-hydrogen) atoms. The van der Waals surface area contributed by atoms with Crippen LogP contribution in [0.4, 0.5) is 0 Å². The molecule has 3 nitrogen and oxygen atoms in total. The summed E-state index contributed by atoms with van der Waals surface area (Å²) in [6.07, 6.45) is 5.43. The maximum atomic E-state index is 12.9. The minimum Gasteiger partial charge on any atom is -0.460 e. The normalized spacial score (nSPS) is 31.7. The van der Waals surface area contributed by atoms with E-state index in [-0.39, 0.29) is 29.6 Å². The number of hydrogen-bond donors (Lipinski definition) is 0. The van der Waals surface area contributed by atoms with Gasteiger partial charge in [0.1, 0.15) is 11.4 Å². The topological polar surface area (TPSA) is 43.4 Å². The van der Waals surface area contributed by atoms with E-state index in [0.29, 0.717) is 11.7 Å². The van der Waals surface area contributed by atoms with Gasteiger partial charge in [-0.05, 0) is 76.7 Å². The average Bonchev–Trinajstić information content (AvgIpc) is 2.57. The number of ether oxygens (including phenoxy) is 1. The molecule has 0 saturated heterocycles. The Balaban J connectivity index is 1.69. The highest BCUT2D eigenvalue weighted by molar-refractivity contribution is 5.84. The molecular formula is C24H34O3. The molecule has 1 aromatic rings. The molecule has 3 heteroatoms. The molecule has 2 aliphatic rings. The summed E-state index contributed by atoms with van der Waals surface area (Å²) >= 11 is 0. The van der Waals surface area contributed by atoms with Gasteiger partial charge < -0.3 is 4.74 Å². The van der Waals surface area contributed by atoms with Crippen LogP contribution in [0, 0.1) is 29.6 Å². The number of carbonyl (C=O) groups is 2. The molecule has 0 aliphatic heterocycles. The van der Waals surface area contributed by atoms with Gasteiger partial charge in [0.2, 0.25) is 0 Å². The third-order valence-corrected chi connectivity index (χ3v) is 6.29. The summed E-state index contributed by atoms with van der Waals surface area (Å²) in [6.45, 7) is 7.89. The number of esters is 1. The molecule has 0 spiro atoms. The van der Waals surface area contributed by atoms with Crippen molar-refractivity contribution in [2.45, 2.75) is 71.8 Å². The summed E-state index contributed by atoms with van der Waals surface area (Å²) in [6, 6.07) is 10.6. The zero-order valence-electron chi connectivity index (χ0n) is 17.2. The third kappa shape index (κ3) is 5.21. The van der Waals surface area contributed by atoms with Crippen LogP contribution in [0.1, 0.15) is 65.4 Å². The third-order valence-electron chi connectivity index (χ3n) is 6.29. The van der Waals surface area contributed by atoms with Gasteiger partial charge in [-0.15, -0.1) is 0 Å². The van der Waals surface area contributed by atoms with E-state index >= 15 is 0 Å². The minimum atomic E-state index is -0.453. The predicted octanol–water partition coefficient (Wildman–Crippen LogP) is 5.22. The molecule has 2 aliphatic carbocycles. The van der Waals surface area contributed by atoms with Crippen LogP contribution in [0.2, 0.25) is 0 Å². The van der Waals surface area contributed by atoms with Gasteiger partial charge in [-0.25, -0.2) is 0 Å². The number of benzene rings is 1. The van der Waals surface area contributed by atoms with Crippen LogP contribution in [0.3, 0.4) is 0 Å². The number of rotatable bonds is 3. The second kappa shape index (κ2) is 8.16. The molecule has 0 N–H and O–H groups in total. The molecular weight excluding hydrogens is 336 g/mol. The van der Waals surface area contributed by atoms with Gasteiger partial charge in [0, 0.05) is 11.8 Å². The molecule has 0 radical (unpaired) electrons. The fourth-order valence-electron chi connectivity index (χ4n) is 5.06. The van der Waals surface area contributed by atoms with Crippen molar-refractivity contribution in [1.82, 2.24) is 0 Å². The van der Waals surface area contributed by atoms with Crippen LogP contribution in [0.15, 0.2) is 30.3 Å². The van der Waals surface area contributed by atoms with E-state index in [1.807, 2.05) is 20.8 Å². The highest BCUT2D eigenvalue weighted by Gasteiger charge is 2.42. The summed E-state index contributed by atoms with van der Waals surface area (Å²) in [5.74, 6) is 1.30. The van der Waals surface area contributed by atoms with E-state index in [1.165, 1.54) is 5.56 Å². The molecule has 0 heterocycles. The van der Waals surface area contributed by atoms with Gasteiger partial charge in [0.25, 0.3) is 0 Å². The number of ketones is 1. The number of Topliss-reactive ketones (excluding diaryl/α,β-unsaturated/α-hetero) is 1. The van der Waals surface area contributed by atoms with Crippen molar-refractivity contribution < 1.29 is 14.3 Å². The van der Waals surface area contributed by atoms with Crippen molar-refractivity contribution in [2.75, 3.05) is 0 Å². The van der Waals surface area contributed by atoms with Crippen LogP contribution in [-0.4, -0.2) is 17.4 Å². The van der Waals surface area contributed by atoms with Crippen LogP contribution in [-0.2, 0) is 20.7 Å². The van der Waals surface area contributed by atoms with Crippen LogP contribution in [0.25, 0.3) is 0 Å². The molecule has 2 fully saturated rings. The fourth-order valence-corrected chi connectivity index (χ4v) is 5.06. The van der Waals surface area contributed by atoms with Crippen LogP contribution in [0.5, 0.6) is 0 Å². The van der Waals surface area contributed by atoms with Crippen molar-refractivity contribution in [2.24, 2.45) is 29.6 Å². The molecule has 3 rings (SSSR count). The lowest BCUT2D eigenvalue weighted by molar-refractivity contribution is -0.163. The molecule has 0 amide bonds. The van der Waals surface area contributed by atoms with Crippen molar-refractivity contribution >= 4 is 11.8 Å². The van der Waals surface area contributed by atoms with Crippen molar-refractivity contribution in [3.63, 3.8) is 0 Å². The van der Waals surface area contributed by atoms with E-state index in [0.717, 1.165) is 38.5 Å². The fraction of sp³-hybridized carbons (Fsp3) is 0.667. The first-order chi connectivity index (χ1) is 12.7. The number of carbonyl (C=O) groups excluding carboxylic acids is 2. The smallest absolute Gasteiger partial charge is 0.309 e. The Hall–Kier alpha value is -1.64. The lowest BCUT2D eigenvalue weighted by Crippen LogP contribution is -2.40. The van der Waals surface area contributed by atoms with Crippen molar-refractivity contribution in [3.05, 3.63) is 35.9 Å². The quantitative estimate of drug-likeness (QED) is 0.685. The lowest BCUT2D eigenvalue weighted by Gasteiger charge is -2.39. The maximum absolute atomic E-state index is 12.9. The minimum absolute atomic E-state index is 0.0759. The Morgan fingerprint density at radius 3 is 2.37 bits per heavy atom. The maximum Gasteiger partial charge on any atom is 0.309 e. The second-order valence-corrected chi connectivity index (χ2v) is 9.75. The summed E-state index contributed by atoms with van der Waals surface area (Å²) in [5.41, 5.74) is 0.914. The molecule has 148 valence electrons.